The molecule has 0 aromatic rings. The van der Waals surface area contributed by atoms with E-state index in [1.54, 1.807) is 0 Å². The molecule has 1 amide bonds. The molecule has 1 atom stereocenters. The second-order valence-electron chi connectivity index (χ2n) is 4.13. The Bertz CT molecular complexity index is 208. The lowest BCUT2D eigenvalue weighted by molar-refractivity contribution is -0.134. The van der Waals surface area contributed by atoms with Gasteiger partial charge in [-0.15, -0.1) is 0 Å². The standard InChI is InChI=1S/C11H23N3O/c1-3-13-8-5-9-14(7-4-6-12)10(2)11(13)15/h10H,3-9,12H2,1-2H3. The third-order valence-corrected chi connectivity index (χ3v) is 3.12. The van der Waals surface area contributed by atoms with Gasteiger partial charge in [0.1, 0.15) is 0 Å². The molecular formula is C11H23N3O. The summed E-state index contributed by atoms with van der Waals surface area (Å²) in [7, 11) is 0. The van der Waals surface area contributed by atoms with Crippen LogP contribution in [0.1, 0.15) is 26.7 Å². The van der Waals surface area contributed by atoms with Crippen LogP contribution in [-0.2, 0) is 4.79 Å². The van der Waals surface area contributed by atoms with Gasteiger partial charge in [-0.05, 0) is 33.2 Å². The molecule has 88 valence electrons. The summed E-state index contributed by atoms with van der Waals surface area (Å²) in [6.07, 6.45) is 2.05. The van der Waals surface area contributed by atoms with Crippen molar-refractivity contribution in [2.75, 3.05) is 32.7 Å². The zero-order valence-electron chi connectivity index (χ0n) is 9.91. The monoisotopic (exact) mass is 213 g/mol. The van der Waals surface area contributed by atoms with Crippen LogP contribution in [0.15, 0.2) is 0 Å². The number of hydrogen-bond acceptors (Lipinski definition) is 3. The van der Waals surface area contributed by atoms with Gasteiger partial charge in [0, 0.05) is 26.2 Å². The molecule has 0 spiro atoms. The van der Waals surface area contributed by atoms with Crippen LogP contribution >= 0.6 is 0 Å². The Labute approximate surface area is 92.4 Å². The average Bonchev–Trinajstić information content (AvgIpc) is 2.38. The van der Waals surface area contributed by atoms with E-state index in [9.17, 15) is 4.79 Å². The Hall–Kier alpha value is -0.610. The Morgan fingerprint density at radius 2 is 2.20 bits per heavy atom. The summed E-state index contributed by atoms with van der Waals surface area (Å²) in [5.74, 6) is 0.270. The lowest BCUT2D eigenvalue weighted by Crippen LogP contribution is -2.44. The van der Waals surface area contributed by atoms with Crippen LogP contribution < -0.4 is 5.73 Å². The van der Waals surface area contributed by atoms with Crippen LogP contribution in [0.2, 0.25) is 0 Å². The molecule has 1 fully saturated rings. The highest BCUT2D eigenvalue weighted by atomic mass is 16.2. The van der Waals surface area contributed by atoms with Gasteiger partial charge in [0.2, 0.25) is 5.91 Å². The molecule has 1 aliphatic rings. The summed E-state index contributed by atoms with van der Waals surface area (Å²) >= 11 is 0. The van der Waals surface area contributed by atoms with Crippen LogP contribution in [0.3, 0.4) is 0 Å². The van der Waals surface area contributed by atoms with Gasteiger partial charge < -0.3 is 10.6 Å². The lowest BCUT2D eigenvalue weighted by atomic mass is 10.2. The van der Waals surface area contributed by atoms with Gasteiger partial charge in [-0.2, -0.15) is 0 Å². The molecule has 1 saturated heterocycles. The topological polar surface area (TPSA) is 49.6 Å². The van der Waals surface area contributed by atoms with Gasteiger partial charge in [0.25, 0.3) is 0 Å². The summed E-state index contributed by atoms with van der Waals surface area (Å²) in [5, 5.41) is 0. The summed E-state index contributed by atoms with van der Waals surface area (Å²) in [6.45, 7) is 8.44. The molecule has 0 radical (unpaired) electrons. The van der Waals surface area contributed by atoms with Gasteiger partial charge in [-0.25, -0.2) is 0 Å². The molecule has 15 heavy (non-hydrogen) atoms. The third kappa shape index (κ3) is 3.18. The lowest BCUT2D eigenvalue weighted by Gasteiger charge is -2.27. The van der Waals surface area contributed by atoms with E-state index in [0.717, 1.165) is 39.0 Å². The number of nitrogens with two attached hydrogens (primary N) is 1. The molecule has 0 aromatic heterocycles. The van der Waals surface area contributed by atoms with Crippen molar-refractivity contribution in [1.82, 2.24) is 9.80 Å². The number of carbonyl (C=O) groups is 1. The smallest absolute Gasteiger partial charge is 0.239 e. The minimum absolute atomic E-state index is 0.0269. The highest BCUT2D eigenvalue weighted by molar-refractivity contribution is 5.81. The zero-order valence-corrected chi connectivity index (χ0v) is 9.91. The number of rotatable bonds is 4. The molecule has 4 nitrogen and oxygen atoms in total. The molecule has 0 aliphatic carbocycles. The predicted molar refractivity (Wildman–Crippen MR) is 61.6 cm³/mol. The molecule has 0 saturated carbocycles. The molecule has 0 bridgehead atoms. The van der Waals surface area contributed by atoms with Gasteiger partial charge >= 0.3 is 0 Å². The van der Waals surface area contributed by atoms with Crippen molar-refractivity contribution in [2.24, 2.45) is 5.73 Å². The fourth-order valence-electron chi connectivity index (χ4n) is 2.10. The van der Waals surface area contributed by atoms with Gasteiger partial charge in [-0.1, -0.05) is 0 Å². The first-order valence-electron chi connectivity index (χ1n) is 5.93. The third-order valence-electron chi connectivity index (χ3n) is 3.12. The van der Waals surface area contributed by atoms with Crippen LogP contribution in [0.25, 0.3) is 0 Å². The number of hydrogen-bond donors (Lipinski definition) is 1. The summed E-state index contributed by atoms with van der Waals surface area (Å²) in [4.78, 5) is 16.2. The molecule has 1 heterocycles. The van der Waals surface area contributed by atoms with E-state index >= 15 is 0 Å². The average molecular weight is 213 g/mol. The molecule has 1 aliphatic heterocycles. The second kappa shape index (κ2) is 6.08. The molecular weight excluding hydrogens is 190 g/mol. The summed E-state index contributed by atoms with van der Waals surface area (Å²) in [6, 6.07) is 0.0269. The fraction of sp³-hybridized carbons (Fsp3) is 0.909. The molecule has 0 aromatic carbocycles. The number of amides is 1. The van der Waals surface area contributed by atoms with Crippen molar-refractivity contribution in [1.29, 1.82) is 0 Å². The molecule has 4 heteroatoms. The van der Waals surface area contributed by atoms with E-state index in [0.29, 0.717) is 6.54 Å². The van der Waals surface area contributed by atoms with Crippen molar-refractivity contribution < 1.29 is 4.79 Å². The SMILES string of the molecule is CCN1CCCN(CCCN)C(C)C1=O. The van der Waals surface area contributed by atoms with E-state index in [-0.39, 0.29) is 11.9 Å². The highest BCUT2D eigenvalue weighted by Crippen LogP contribution is 2.11. The normalized spacial score (nSPS) is 24.3. The van der Waals surface area contributed by atoms with Crippen molar-refractivity contribution >= 4 is 5.91 Å². The van der Waals surface area contributed by atoms with E-state index in [4.69, 9.17) is 5.73 Å². The first-order valence-corrected chi connectivity index (χ1v) is 5.93. The number of carbonyl (C=O) groups excluding carboxylic acids is 1. The van der Waals surface area contributed by atoms with Crippen molar-refractivity contribution in [2.45, 2.75) is 32.7 Å². The minimum Gasteiger partial charge on any atom is -0.342 e. The van der Waals surface area contributed by atoms with Crippen LogP contribution in [-0.4, -0.2) is 54.5 Å². The Balaban J connectivity index is 2.56. The van der Waals surface area contributed by atoms with Crippen LogP contribution in [0, 0.1) is 0 Å². The van der Waals surface area contributed by atoms with E-state index in [2.05, 4.69) is 4.90 Å². The molecule has 2 N–H and O–H groups in total. The summed E-state index contributed by atoms with van der Waals surface area (Å²) < 4.78 is 0. The van der Waals surface area contributed by atoms with Crippen LogP contribution in [0.5, 0.6) is 0 Å². The Morgan fingerprint density at radius 1 is 1.47 bits per heavy atom. The zero-order chi connectivity index (χ0) is 11.3. The predicted octanol–water partition coefficient (Wildman–Crippen LogP) is 0.278. The minimum atomic E-state index is 0.0269. The molecule has 1 unspecified atom stereocenters. The first kappa shape index (κ1) is 12.5. The van der Waals surface area contributed by atoms with Crippen molar-refractivity contribution in [3.05, 3.63) is 0 Å². The quantitative estimate of drug-likeness (QED) is 0.729. The summed E-state index contributed by atoms with van der Waals surface area (Å²) in [5.41, 5.74) is 5.50. The maximum absolute atomic E-state index is 12.0. The van der Waals surface area contributed by atoms with E-state index in [1.165, 1.54) is 0 Å². The van der Waals surface area contributed by atoms with E-state index in [1.807, 2.05) is 18.7 Å². The van der Waals surface area contributed by atoms with Crippen molar-refractivity contribution in [3.63, 3.8) is 0 Å². The first-order chi connectivity index (χ1) is 7.20. The maximum Gasteiger partial charge on any atom is 0.239 e. The van der Waals surface area contributed by atoms with Gasteiger partial charge in [0.05, 0.1) is 6.04 Å². The number of likely N-dealkylation sites (N-methyl/N-ethyl adjacent to an activating group) is 1. The fourth-order valence-corrected chi connectivity index (χ4v) is 2.10. The van der Waals surface area contributed by atoms with Crippen LogP contribution in [0.4, 0.5) is 0 Å². The maximum atomic E-state index is 12.0. The second-order valence-corrected chi connectivity index (χ2v) is 4.13. The Kier molecular flexibility index (Phi) is 5.05. The van der Waals surface area contributed by atoms with Crippen molar-refractivity contribution in [3.8, 4) is 0 Å². The van der Waals surface area contributed by atoms with E-state index < -0.39 is 0 Å². The Morgan fingerprint density at radius 3 is 2.80 bits per heavy atom. The van der Waals surface area contributed by atoms with Gasteiger partial charge in [0.15, 0.2) is 0 Å². The highest BCUT2D eigenvalue weighted by Gasteiger charge is 2.27. The molecule has 1 rings (SSSR count). The van der Waals surface area contributed by atoms with Gasteiger partial charge in [-0.3, -0.25) is 9.69 Å². The largest absolute Gasteiger partial charge is 0.342 e. The number of nitrogens with zero attached hydrogens (tertiary/aromatic N) is 2.